The van der Waals surface area contributed by atoms with E-state index in [4.69, 9.17) is 4.18 Å². The molecule has 28 heavy (non-hydrogen) atoms. The molecule has 1 aliphatic heterocycles. The summed E-state index contributed by atoms with van der Waals surface area (Å²) >= 11 is 0. The Hall–Kier alpha value is -2.12. The van der Waals surface area contributed by atoms with Gasteiger partial charge in [0.15, 0.2) is 0 Å². The molecule has 0 spiro atoms. The maximum atomic E-state index is 12.1. The predicted octanol–water partition coefficient (Wildman–Crippen LogP) is 3.75. The van der Waals surface area contributed by atoms with Gasteiger partial charge in [-0.1, -0.05) is 60.7 Å². The number of rotatable bonds is 3. The van der Waals surface area contributed by atoms with Crippen LogP contribution in [0.1, 0.15) is 24.1 Å². The van der Waals surface area contributed by atoms with Crippen molar-refractivity contribution in [1.82, 2.24) is 10.0 Å². The van der Waals surface area contributed by atoms with E-state index in [-0.39, 0.29) is 31.0 Å². The van der Waals surface area contributed by atoms with E-state index in [1.807, 2.05) is 24.3 Å². The lowest BCUT2D eigenvalue weighted by molar-refractivity contribution is 0.409. The topological polar surface area (TPSA) is 67.4 Å². The number of hydrogen-bond donors (Lipinski definition) is 2. The van der Waals surface area contributed by atoms with Gasteiger partial charge in [-0.2, -0.15) is 13.1 Å². The van der Waals surface area contributed by atoms with Crippen LogP contribution in [0.5, 0.6) is 5.75 Å². The smallest absolute Gasteiger partial charge is 0.371 e. The zero-order valence-corrected chi connectivity index (χ0v) is 17.1. The first kappa shape index (κ1) is 20.6. The highest BCUT2D eigenvalue weighted by Crippen LogP contribution is 2.26. The summed E-state index contributed by atoms with van der Waals surface area (Å²) in [5.41, 5.74) is 2.08. The molecule has 1 aliphatic rings. The largest absolute Gasteiger partial charge is 0.382 e. The van der Waals surface area contributed by atoms with E-state index in [0.717, 1.165) is 5.56 Å². The van der Waals surface area contributed by atoms with E-state index >= 15 is 0 Å². The summed E-state index contributed by atoms with van der Waals surface area (Å²) < 4.78 is 31.9. The van der Waals surface area contributed by atoms with Gasteiger partial charge in [0.1, 0.15) is 5.75 Å². The van der Waals surface area contributed by atoms with E-state index in [0.29, 0.717) is 12.2 Å². The first-order valence-corrected chi connectivity index (χ1v) is 10.4. The van der Waals surface area contributed by atoms with Gasteiger partial charge in [0.05, 0.1) is 0 Å². The molecule has 4 rings (SSSR count). The minimum atomic E-state index is -3.81. The Morgan fingerprint density at radius 2 is 1.75 bits per heavy atom. The Morgan fingerprint density at radius 3 is 2.61 bits per heavy atom. The normalized spacial score (nSPS) is 19.4. The first-order chi connectivity index (χ1) is 13.0. The Balaban J connectivity index is 0.00000225. The zero-order chi connectivity index (χ0) is 18.9. The molecule has 0 saturated carbocycles. The molecule has 0 radical (unpaired) electrons. The molecular weight excluding hydrogens is 396 g/mol. The van der Waals surface area contributed by atoms with Crippen LogP contribution in [0.2, 0.25) is 0 Å². The van der Waals surface area contributed by atoms with Gasteiger partial charge >= 0.3 is 10.3 Å². The van der Waals surface area contributed by atoms with E-state index in [2.05, 4.69) is 47.3 Å². The summed E-state index contributed by atoms with van der Waals surface area (Å²) in [5.74, 6) is 0.384. The summed E-state index contributed by atoms with van der Waals surface area (Å²) in [6, 6.07) is 21.8. The van der Waals surface area contributed by atoms with Crippen LogP contribution in [0.3, 0.4) is 0 Å². The molecule has 0 bridgehead atoms. The fraction of sp³-hybridized carbons (Fsp3) is 0.238. The molecular formula is C21H23ClN2O3S. The number of benzene rings is 3. The van der Waals surface area contributed by atoms with Gasteiger partial charge in [-0.05, 0) is 41.3 Å². The van der Waals surface area contributed by atoms with E-state index in [1.165, 1.54) is 16.3 Å². The van der Waals surface area contributed by atoms with E-state index < -0.39 is 10.3 Å². The molecule has 0 fully saturated rings. The molecule has 2 N–H and O–H groups in total. The van der Waals surface area contributed by atoms with Crippen LogP contribution >= 0.6 is 12.4 Å². The Bertz CT molecular complexity index is 1070. The molecule has 0 amide bonds. The highest BCUT2D eigenvalue weighted by atomic mass is 35.5. The SMILES string of the molecule is C[C@@H](NC1CNS(=O)(=O)Oc2ccccc2C1)c1cccc2ccccc12.Cl. The number of halogens is 1. The molecule has 3 aromatic carbocycles. The highest BCUT2D eigenvalue weighted by Gasteiger charge is 2.24. The maximum absolute atomic E-state index is 12.1. The van der Waals surface area contributed by atoms with Crippen molar-refractivity contribution in [1.29, 1.82) is 0 Å². The molecule has 2 atom stereocenters. The van der Waals surface area contributed by atoms with Gasteiger partial charge in [-0.25, -0.2) is 0 Å². The molecule has 148 valence electrons. The van der Waals surface area contributed by atoms with Crippen LogP contribution in [0, 0.1) is 0 Å². The standard InChI is InChI=1S/C21H22N2O3S.ClH/c1-15(19-11-6-9-16-7-2-4-10-20(16)19)23-18-13-17-8-3-5-12-21(17)26-27(24,25)22-14-18;/h2-12,15,18,22-23H,13-14H2,1H3;1H/t15-,18?;/m1./s1. The van der Waals surface area contributed by atoms with Gasteiger partial charge in [-0.3, -0.25) is 0 Å². The summed E-state index contributed by atoms with van der Waals surface area (Å²) in [6.07, 6.45) is 0.674. The first-order valence-electron chi connectivity index (χ1n) is 9.02. The Morgan fingerprint density at radius 1 is 1.04 bits per heavy atom. The van der Waals surface area contributed by atoms with Gasteiger partial charge < -0.3 is 9.50 Å². The summed E-state index contributed by atoms with van der Waals surface area (Å²) in [4.78, 5) is 0. The van der Waals surface area contributed by atoms with Crippen LogP contribution in [0.4, 0.5) is 0 Å². The van der Waals surface area contributed by atoms with Crippen molar-refractivity contribution in [3.05, 3.63) is 77.9 Å². The fourth-order valence-electron chi connectivity index (χ4n) is 3.63. The summed E-state index contributed by atoms with van der Waals surface area (Å²) in [7, 11) is -3.81. The van der Waals surface area contributed by atoms with Crippen molar-refractivity contribution in [3.63, 3.8) is 0 Å². The lowest BCUT2D eigenvalue weighted by atomic mass is 9.98. The number of nitrogens with one attached hydrogen (secondary N) is 2. The lowest BCUT2D eigenvalue weighted by Gasteiger charge is -2.27. The minimum absolute atomic E-state index is 0. The van der Waals surface area contributed by atoms with Crippen molar-refractivity contribution in [2.45, 2.75) is 25.4 Å². The second-order valence-corrected chi connectivity index (χ2v) is 8.22. The van der Waals surface area contributed by atoms with Crippen LogP contribution in [0.25, 0.3) is 10.8 Å². The molecule has 5 nitrogen and oxygen atoms in total. The molecule has 0 saturated heterocycles. The average Bonchev–Trinajstić information content (AvgIpc) is 2.66. The van der Waals surface area contributed by atoms with Crippen LogP contribution in [-0.2, 0) is 16.7 Å². The highest BCUT2D eigenvalue weighted by molar-refractivity contribution is 7.85. The molecule has 0 aliphatic carbocycles. The maximum Gasteiger partial charge on any atom is 0.382 e. The van der Waals surface area contributed by atoms with E-state index in [1.54, 1.807) is 12.1 Å². The van der Waals surface area contributed by atoms with Crippen LogP contribution < -0.4 is 14.2 Å². The third kappa shape index (κ3) is 4.47. The van der Waals surface area contributed by atoms with Crippen molar-refractivity contribution in [2.75, 3.05) is 6.54 Å². The van der Waals surface area contributed by atoms with Crippen molar-refractivity contribution in [3.8, 4) is 5.75 Å². The minimum Gasteiger partial charge on any atom is -0.371 e. The van der Waals surface area contributed by atoms with Gasteiger partial charge in [-0.15, -0.1) is 12.4 Å². The molecule has 1 heterocycles. The predicted molar refractivity (Wildman–Crippen MR) is 114 cm³/mol. The van der Waals surface area contributed by atoms with Crippen molar-refractivity contribution in [2.24, 2.45) is 0 Å². The molecule has 0 aromatic heterocycles. The average molecular weight is 419 g/mol. The van der Waals surface area contributed by atoms with Gasteiger partial charge in [0, 0.05) is 18.6 Å². The lowest BCUT2D eigenvalue weighted by Crippen LogP contribution is -2.45. The molecule has 1 unspecified atom stereocenters. The monoisotopic (exact) mass is 418 g/mol. The number of para-hydroxylation sites is 1. The third-order valence-electron chi connectivity index (χ3n) is 4.92. The molecule has 7 heteroatoms. The van der Waals surface area contributed by atoms with Crippen molar-refractivity contribution < 1.29 is 12.6 Å². The summed E-state index contributed by atoms with van der Waals surface area (Å²) in [5, 5.41) is 5.99. The quantitative estimate of drug-likeness (QED) is 0.679. The fourth-order valence-corrected chi connectivity index (χ4v) is 4.49. The van der Waals surface area contributed by atoms with Gasteiger partial charge in [0.2, 0.25) is 0 Å². The summed E-state index contributed by atoms with van der Waals surface area (Å²) in [6.45, 7) is 2.38. The van der Waals surface area contributed by atoms with E-state index in [9.17, 15) is 8.42 Å². The number of fused-ring (bicyclic) bond motifs is 2. The zero-order valence-electron chi connectivity index (χ0n) is 15.5. The Labute approximate surface area is 171 Å². The second-order valence-electron chi connectivity index (χ2n) is 6.85. The van der Waals surface area contributed by atoms with Crippen molar-refractivity contribution >= 4 is 33.5 Å². The molecule has 3 aromatic rings. The second kappa shape index (κ2) is 8.49. The third-order valence-corrected chi connectivity index (χ3v) is 5.84. The Kier molecular flexibility index (Phi) is 6.25. The number of hydrogen-bond acceptors (Lipinski definition) is 4. The van der Waals surface area contributed by atoms with Crippen LogP contribution in [0.15, 0.2) is 66.7 Å². The van der Waals surface area contributed by atoms with Gasteiger partial charge in [0.25, 0.3) is 0 Å². The van der Waals surface area contributed by atoms with Crippen LogP contribution in [-0.4, -0.2) is 21.0 Å².